The van der Waals surface area contributed by atoms with Crippen molar-refractivity contribution in [1.29, 1.82) is 0 Å². The molecule has 4 rings (SSSR count). The predicted molar refractivity (Wildman–Crippen MR) is 106 cm³/mol. The summed E-state index contributed by atoms with van der Waals surface area (Å²) >= 11 is 1.61. The van der Waals surface area contributed by atoms with Crippen LogP contribution >= 0.6 is 11.3 Å². The van der Waals surface area contributed by atoms with E-state index in [1.165, 1.54) is 6.07 Å². The number of hydrogen-bond donors (Lipinski definition) is 1. The molecule has 0 unspecified atom stereocenters. The monoisotopic (exact) mass is 377 g/mol. The Balaban J connectivity index is 1.70. The third-order valence-electron chi connectivity index (χ3n) is 4.04. The number of rotatable bonds is 5. The van der Waals surface area contributed by atoms with Gasteiger partial charge in [0.05, 0.1) is 10.3 Å². The van der Waals surface area contributed by atoms with E-state index in [0.717, 1.165) is 26.2 Å². The lowest BCUT2D eigenvalue weighted by atomic mass is 10.2. The summed E-state index contributed by atoms with van der Waals surface area (Å²) in [6, 6.07) is 12.4. The Bertz CT molecular complexity index is 1130. The van der Waals surface area contributed by atoms with E-state index < -0.39 is 4.92 Å². The molecule has 0 bridgehead atoms. The number of nitrogens with one attached hydrogen (secondary N) is 1. The first kappa shape index (κ1) is 17.0. The normalized spacial score (nSPS) is 10.9. The van der Waals surface area contributed by atoms with Crippen LogP contribution in [-0.2, 0) is 6.54 Å². The largest absolute Gasteiger partial charge is 0.365 e. The number of aromatic nitrogens is 3. The van der Waals surface area contributed by atoms with E-state index >= 15 is 0 Å². The lowest BCUT2D eigenvalue weighted by molar-refractivity contribution is -0.384. The summed E-state index contributed by atoms with van der Waals surface area (Å²) in [5, 5.41) is 15.2. The lowest BCUT2D eigenvalue weighted by Gasteiger charge is -2.09. The molecule has 3 aromatic heterocycles. The van der Waals surface area contributed by atoms with Gasteiger partial charge in [0.15, 0.2) is 5.82 Å². The van der Waals surface area contributed by atoms with Crippen molar-refractivity contribution < 1.29 is 4.92 Å². The number of anilines is 1. The van der Waals surface area contributed by atoms with Crippen LogP contribution in [0.15, 0.2) is 54.9 Å². The molecular formula is C19H15N5O2S. The summed E-state index contributed by atoms with van der Waals surface area (Å²) in [5.74, 6) is 1.33. The van der Waals surface area contributed by atoms with Gasteiger partial charge in [-0.1, -0.05) is 12.1 Å². The van der Waals surface area contributed by atoms with Crippen molar-refractivity contribution in [2.75, 3.05) is 5.32 Å². The molecule has 0 saturated carbocycles. The Morgan fingerprint density at radius 2 is 1.96 bits per heavy atom. The van der Waals surface area contributed by atoms with E-state index in [1.807, 2.05) is 31.2 Å². The van der Waals surface area contributed by atoms with Gasteiger partial charge in [-0.05, 0) is 30.7 Å². The zero-order chi connectivity index (χ0) is 18.8. The fraction of sp³-hybridized carbons (Fsp3) is 0.105. The number of aryl methyl sites for hydroxylation is 1. The van der Waals surface area contributed by atoms with Gasteiger partial charge in [-0.25, -0.2) is 9.97 Å². The molecule has 0 fully saturated rings. The number of thiophene rings is 1. The molecule has 0 amide bonds. The first-order valence-corrected chi connectivity index (χ1v) is 9.07. The zero-order valence-corrected chi connectivity index (χ0v) is 15.2. The van der Waals surface area contributed by atoms with Gasteiger partial charge in [0.2, 0.25) is 0 Å². The van der Waals surface area contributed by atoms with Crippen LogP contribution in [0.2, 0.25) is 0 Å². The van der Waals surface area contributed by atoms with Gasteiger partial charge in [0.25, 0.3) is 5.69 Å². The highest BCUT2D eigenvalue weighted by Gasteiger charge is 2.12. The van der Waals surface area contributed by atoms with Crippen molar-refractivity contribution in [1.82, 2.24) is 15.0 Å². The molecule has 0 aliphatic rings. The molecule has 0 spiro atoms. The summed E-state index contributed by atoms with van der Waals surface area (Å²) in [5.41, 5.74) is 1.77. The van der Waals surface area contributed by atoms with Crippen molar-refractivity contribution >= 4 is 33.1 Å². The van der Waals surface area contributed by atoms with Crippen LogP contribution in [0.1, 0.15) is 10.4 Å². The second-order valence-corrected chi connectivity index (χ2v) is 7.22. The van der Waals surface area contributed by atoms with Crippen LogP contribution in [0, 0.1) is 17.0 Å². The quantitative estimate of drug-likeness (QED) is 0.404. The number of non-ortho nitro benzene ring substituents is 1. The molecular weight excluding hydrogens is 362 g/mol. The number of benzene rings is 1. The van der Waals surface area contributed by atoms with Crippen LogP contribution in [-0.4, -0.2) is 19.9 Å². The standard InChI is InChI=1S/C19H15N5O2S/c1-12-9-16-18(21-11-13-3-2-4-15(10-13)24(25)26)22-17(23-19(16)27-12)14-5-7-20-8-6-14/h2-10H,11H2,1H3,(H,21,22,23). The molecule has 4 aromatic rings. The molecule has 7 nitrogen and oxygen atoms in total. The van der Waals surface area contributed by atoms with Crippen LogP contribution < -0.4 is 5.32 Å². The Kier molecular flexibility index (Phi) is 4.47. The molecule has 27 heavy (non-hydrogen) atoms. The summed E-state index contributed by atoms with van der Waals surface area (Å²) < 4.78 is 0. The number of nitrogens with zero attached hydrogens (tertiary/aromatic N) is 4. The minimum absolute atomic E-state index is 0.0750. The van der Waals surface area contributed by atoms with Gasteiger partial charge in [0.1, 0.15) is 10.6 Å². The lowest BCUT2D eigenvalue weighted by Crippen LogP contribution is -2.04. The highest BCUT2D eigenvalue weighted by molar-refractivity contribution is 7.18. The number of pyridine rings is 1. The molecule has 134 valence electrons. The van der Waals surface area contributed by atoms with Crippen molar-refractivity contribution in [2.45, 2.75) is 13.5 Å². The van der Waals surface area contributed by atoms with Crippen LogP contribution in [0.3, 0.4) is 0 Å². The maximum absolute atomic E-state index is 11.0. The van der Waals surface area contributed by atoms with Gasteiger partial charge in [-0.3, -0.25) is 15.1 Å². The van der Waals surface area contributed by atoms with E-state index in [1.54, 1.807) is 35.9 Å². The molecule has 0 aliphatic carbocycles. The molecule has 1 aromatic carbocycles. The Morgan fingerprint density at radius 1 is 1.15 bits per heavy atom. The smallest absolute Gasteiger partial charge is 0.269 e. The summed E-state index contributed by atoms with van der Waals surface area (Å²) in [7, 11) is 0. The Labute approximate surface area is 158 Å². The third kappa shape index (κ3) is 3.61. The van der Waals surface area contributed by atoms with E-state index in [2.05, 4.69) is 20.3 Å². The van der Waals surface area contributed by atoms with E-state index in [-0.39, 0.29) is 5.69 Å². The van der Waals surface area contributed by atoms with Gasteiger partial charge >= 0.3 is 0 Å². The highest BCUT2D eigenvalue weighted by Crippen LogP contribution is 2.31. The molecule has 3 heterocycles. The Morgan fingerprint density at radius 3 is 2.74 bits per heavy atom. The molecule has 0 radical (unpaired) electrons. The molecule has 0 atom stereocenters. The van der Waals surface area contributed by atoms with Gasteiger partial charge in [0, 0.05) is 41.5 Å². The maximum Gasteiger partial charge on any atom is 0.269 e. The summed E-state index contributed by atoms with van der Waals surface area (Å²) in [6.07, 6.45) is 3.41. The SMILES string of the molecule is Cc1cc2c(NCc3cccc([N+](=O)[O-])c3)nc(-c3ccncc3)nc2s1. The van der Waals surface area contributed by atoms with Gasteiger partial charge < -0.3 is 5.32 Å². The third-order valence-corrected chi connectivity index (χ3v) is 4.98. The summed E-state index contributed by atoms with van der Waals surface area (Å²) in [6.45, 7) is 2.46. The summed E-state index contributed by atoms with van der Waals surface area (Å²) in [4.78, 5) is 26.0. The number of nitro groups is 1. The zero-order valence-electron chi connectivity index (χ0n) is 14.4. The topological polar surface area (TPSA) is 93.8 Å². The van der Waals surface area contributed by atoms with E-state index in [0.29, 0.717) is 18.2 Å². The fourth-order valence-electron chi connectivity index (χ4n) is 2.77. The number of nitro benzene ring substituents is 1. The predicted octanol–water partition coefficient (Wildman–Crippen LogP) is 4.58. The van der Waals surface area contributed by atoms with Crippen molar-refractivity contribution in [2.24, 2.45) is 0 Å². The fourth-order valence-corrected chi connectivity index (χ4v) is 3.65. The van der Waals surface area contributed by atoms with Crippen LogP contribution in [0.25, 0.3) is 21.6 Å². The average molecular weight is 377 g/mol. The molecule has 0 aliphatic heterocycles. The molecule has 0 saturated heterocycles. The second kappa shape index (κ2) is 7.08. The van der Waals surface area contributed by atoms with Crippen LogP contribution in [0.4, 0.5) is 11.5 Å². The van der Waals surface area contributed by atoms with Crippen LogP contribution in [0.5, 0.6) is 0 Å². The minimum atomic E-state index is -0.393. The molecule has 8 heteroatoms. The maximum atomic E-state index is 11.0. The van der Waals surface area contributed by atoms with Gasteiger partial charge in [-0.15, -0.1) is 11.3 Å². The average Bonchev–Trinajstić information content (AvgIpc) is 3.07. The van der Waals surface area contributed by atoms with Gasteiger partial charge in [-0.2, -0.15) is 0 Å². The number of hydrogen-bond acceptors (Lipinski definition) is 7. The first-order chi connectivity index (χ1) is 13.1. The highest BCUT2D eigenvalue weighted by atomic mass is 32.1. The van der Waals surface area contributed by atoms with Crippen molar-refractivity contribution in [3.63, 3.8) is 0 Å². The van der Waals surface area contributed by atoms with E-state index in [9.17, 15) is 10.1 Å². The minimum Gasteiger partial charge on any atom is -0.365 e. The number of fused-ring (bicyclic) bond motifs is 1. The first-order valence-electron chi connectivity index (χ1n) is 8.26. The van der Waals surface area contributed by atoms with Crippen molar-refractivity contribution in [3.8, 4) is 11.4 Å². The van der Waals surface area contributed by atoms with E-state index in [4.69, 9.17) is 0 Å². The van der Waals surface area contributed by atoms with Crippen molar-refractivity contribution in [3.05, 3.63) is 75.4 Å². The second-order valence-electron chi connectivity index (χ2n) is 5.99. The molecule has 1 N–H and O–H groups in total. The Hall–Kier alpha value is -3.39.